The summed E-state index contributed by atoms with van der Waals surface area (Å²) in [6.45, 7) is 4.12. The molecule has 1 N–H and O–H groups in total. The highest BCUT2D eigenvalue weighted by Gasteiger charge is 2.23. The Morgan fingerprint density at radius 3 is 2.90 bits per heavy atom. The zero-order valence-electron chi connectivity index (χ0n) is 11.5. The molecule has 1 amide bonds. The number of anilines is 2. The van der Waals surface area contributed by atoms with Gasteiger partial charge in [-0.2, -0.15) is 0 Å². The molecule has 5 heteroatoms. The number of amides is 1. The van der Waals surface area contributed by atoms with E-state index in [4.69, 9.17) is 5.11 Å². The van der Waals surface area contributed by atoms with Gasteiger partial charge in [0, 0.05) is 31.4 Å². The van der Waals surface area contributed by atoms with Crippen LogP contribution in [-0.4, -0.2) is 37.1 Å². The zero-order valence-corrected chi connectivity index (χ0v) is 11.5. The summed E-state index contributed by atoms with van der Waals surface area (Å²) in [7, 11) is 1.74. The van der Waals surface area contributed by atoms with Crippen molar-refractivity contribution in [3.63, 3.8) is 0 Å². The number of carbonyl (C=O) groups is 2. The van der Waals surface area contributed by atoms with Crippen LogP contribution in [0.3, 0.4) is 0 Å². The van der Waals surface area contributed by atoms with Crippen LogP contribution in [0.25, 0.3) is 0 Å². The number of nitrogens with zero attached hydrogens (tertiary/aromatic N) is 2. The first kappa shape index (κ1) is 14.1. The van der Waals surface area contributed by atoms with Gasteiger partial charge in [0.2, 0.25) is 5.91 Å². The summed E-state index contributed by atoms with van der Waals surface area (Å²) in [6.07, 6.45) is 2.88. The highest BCUT2D eigenvalue weighted by Crippen LogP contribution is 2.31. The average molecular weight is 274 g/mol. The van der Waals surface area contributed by atoms with Gasteiger partial charge in [0.15, 0.2) is 0 Å². The van der Waals surface area contributed by atoms with Crippen molar-refractivity contribution in [2.75, 3.05) is 29.9 Å². The third-order valence-corrected chi connectivity index (χ3v) is 3.39. The van der Waals surface area contributed by atoms with E-state index in [0.29, 0.717) is 19.4 Å². The molecule has 1 aromatic rings. The van der Waals surface area contributed by atoms with E-state index >= 15 is 0 Å². The van der Waals surface area contributed by atoms with Gasteiger partial charge in [0.1, 0.15) is 6.54 Å². The Kier molecular flexibility index (Phi) is 4.08. The van der Waals surface area contributed by atoms with Gasteiger partial charge in [-0.3, -0.25) is 9.59 Å². The number of carboxylic acids is 1. The predicted octanol–water partition coefficient (Wildman–Crippen LogP) is 1.67. The van der Waals surface area contributed by atoms with Crippen molar-refractivity contribution in [2.24, 2.45) is 0 Å². The van der Waals surface area contributed by atoms with E-state index in [9.17, 15) is 9.59 Å². The molecule has 0 aromatic heterocycles. The van der Waals surface area contributed by atoms with Crippen LogP contribution in [0.4, 0.5) is 11.4 Å². The lowest BCUT2D eigenvalue weighted by molar-refractivity contribution is -0.135. The molecule has 1 aromatic carbocycles. The molecule has 1 aliphatic heterocycles. The van der Waals surface area contributed by atoms with E-state index in [2.05, 4.69) is 6.58 Å². The summed E-state index contributed by atoms with van der Waals surface area (Å²) >= 11 is 0. The predicted molar refractivity (Wildman–Crippen MR) is 78.2 cm³/mol. The van der Waals surface area contributed by atoms with Crippen molar-refractivity contribution in [1.82, 2.24) is 0 Å². The number of carboxylic acid groups (broad SMARTS) is 1. The number of benzene rings is 1. The summed E-state index contributed by atoms with van der Waals surface area (Å²) in [6, 6.07) is 5.68. The van der Waals surface area contributed by atoms with Crippen LogP contribution in [0.1, 0.15) is 12.0 Å². The number of fused-ring (bicyclic) bond motifs is 1. The topological polar surface area (TPSA) is 60.9 Å². The van der Waals surface area contributed by atoms with Crippen LogP contribution in [0.5, 0.6) is 0 Å². The molecule has 1 heterocycles. The second-order valence-electron chi connectivity index (χ2n) is 4.86. The molecule has 0 spiro atoms. The minimum absolute atomic E-state index is 0.0475. The van der Waals surface area contributed by atoms with Crippen LogP contribution in [0.15, 0.2) is 30.9 Å². The first-order chi connectivity index (χ1) is 9.52. The summed E-state index contributed by atoms with van der Waals surface area (Å²) in [4.78, 5) is 26.0. The first-order valence-corrected chi connectivity index (χ1v) is 6.50. The maximum absolute atomic E-state index is 11.9. The summed E-state index contributed by atoms with van der Waals surface area (Å²) in [5, 5.41) is 8.82. The maximum atomic E-state index is 11.9. The Morgan fingerprint density at radius 1 is 1.50 bits per heavy atom. The zero-order chi connectivity index (χ0) is 14.7. The number of aryl methyl sites for hydroxylation is 1. The smallest absolute Gasteiger partial charge is 0.323 e. The lowest BCUT2D eigenvalue weighted by atomic mass is 10.00. The van der Waals surface area contributed by atoms with Crippen LogP contribution < -0.4 is 9.80 Å². The van der Waals surface area contributed by atoms with Gasteiger partial charge in [0.25, 0.3) is 0 Å². The van der Waals surface area contributed by atoms with E-state index < -0.39 is 5.97 Å². The minimum atomic E-state index is -0.867. The minimum Gasteiger partial charge on any atom is -0.480 e. The van der Waals surface area contributed by atoms with Gasteiger partial charge in [-0.15, -0.1) is 6.58 Å². The summed E-state index contributed by atoms with van der Waals surface area (Å²) in [5.74, 6) is -0.766. The molecule has 0 unspecified atom stereocenters. The summed E-state index contributed by atoms with van der Waals surface area (Å²) < 4.78 is 0. The lowest BCUT2D eigenvalue weighted by Crippen LogP contribution is -2.35. The number of carbonyl (C=O) groups excluding carboxylic acids is 1. The van der Waals surface area contributed by atoms with Gasteiger partial charge >= 0.3 is 5.97 Å². The summed E-state index contributed by atoms with van der Waals surface area (Å²) in [5.41, 5.74) is 2.81. The first-order valence-electron chi connectivity index (χ1n) is 6.50. The molecule has 5 nitrogen and oxygen atoms in total. The van der Waals surface area contributed by atoms with Gasteiger partial charge < -0.3 is 14.9 Å². The van der Waals surface area contributed by atoms with Crippen molar-refractivity contribution in [3.8, 4) is 0 Å². The number of hydrogen-bond acceptors (Lipinski definition) is 3. The molecule has 0 radical (unpaired) electrons. The second kappa shape index (κ2) is 5.77. The Labute approximate surface area is 118 Å². The monoisotopic (exact) mass is 274 g/mol. The molecule has 0 fully saturated rings. The standard InChI is InChI=1S/C15H18N2O3/c1-3-8-17-13-6-5-12(16(2)10-15(19)20)9-11(13)4-7-14(17)18/h3,5-6,9H,1,4,7-8,10H2,2H3,(H,19,20). The molecule has 2 rings (SSSR count). The van der Waals surface area contributed by atoms with E-state index in [1.165, 1.54) is 0 Å². The number of hydrogen-bond donors (Lipinski definition) is 1. The fourth-order valence-corrected chi connectivity index (χ4v) is 2.41. The molecule has 20 heavy (non-hydrogen) atoms. The molecule has 0 aliphatic carbocycles. The van der Waals surface area contributed by atoms with Gasteiger partial charge in [0.05, 0.1) is 0 Å². The van der Waals surface area contributed by atoms with Gasteiger partial charge in [-0.1, -0.05) is 6.08 Å². The van der Waals surface area contributed by atoms with Crippen molar-refractivity contribution < 1.29 is 14.7 Å². The van der Waals surface area contributed by atoms with Crippen LogP contribution >= 0.6 is 0 Å². The lowest BCUT2D eigenvalue weighted by Gasteiger charge is -2.29. The largest absolute Gasteiger partial charge is 0.480 e. The number of rotatable bonds is 5. The van der Waals surface area contributed by atoms with Crippen molar-refractivity contribution in [1.29, 1.82) is 0 Å². The van der Waals surface area contributed by atoms with Crippen molar-refractivity contribution in [2.45, 2.75) is 12.8 Å². The molecule has 0 saturated carbocycles. The third kappa shape index (κ3) is 2.82. The highest BCUT2D eigenvalue weighted by molar-refractivity contribution is 5.97. The van der Waals surface area contributed by atoms with Gasteiger partial charge in [-0.25, -0.2) is 0 Å². The Morgan fingerprint density at radius 2 is 2.25 bits per heavy atom. The molecule has 0 bridgehead atoms. The second-order valence-corrected chi connectivity index (χ2v) is 4.86. The maximum Gasteiger partial charge on any atom is 0.323 e. The molecule has 1 aliphatic rings. The van der Waals surface area contributed by atoms with E-state index in [1.807, 2.05) is 18.2 Å². The molecule has 0 atom stereocenters. The van der Waals surface area contributed by atoms with E-state index in [-0.39, 0.29) is 12.5 Å². The van der Waals surface area contributed by atoms with Crippen LogP contribution in [0, 0.1) is 0 Å². The van der Waals surface area contributed by atoms with E-state index in [0.717, 1.165) is 16.9 Å². The highest BCUT2D eigenvalue weighted by atomic mass is 16.4. The van der Waals surface area contributed by atoms with Crippen molar-refractivity contribution in [3.05, 3.63) is 36.4 Å². The SMILES string of the molecule is C=CCN1C(=O)CCc2cc(N(C)CC(=O)O)ccc21. The average Bonchev–Trinajstić information content (AvgIpc) is 2.41. The molecule has 106 valence electrons. The molecular formula is C15H18N2O3. The Hall–Kier alpha value is -2.30. The number of aliphatic carboxylic acids is 1. The van der Waals surface area contributed by atoms with Crippen LogP contribution in [0.2, 0.25) is 0 Å². The molecule has 0 saturated heterocycles. The third-order valence-electron chi connectivity index (χ3n) is 3.39. The van der Waals surface area contributed by atoms with Gasteiger partial charge in [-0.05, 0) is 30.2 Å². The number of likely N-dealkylation sites (N-methyl/N-ethyl adjacent to an activating group) is 1. The quantitative estimate of drug-likeness (QED) is 0.830. The fraction of sp³-hybridized carbons (Fsp3) is 0.333. The normalized spacial score (nSPS) is 13.8. The molecular weight excluding hydrogens is 256 g/mol. The Balaban J connectivity index is 2.30. The fourth-order valence-electron chi connectivity index (χ4n) is 2.41. The van der Waals surface area contributed by atoms with Crippen LogP contribution in [-0.2, 0) is 16.0 Å². The Bertz CT molecular complexity index is 554. The van der Waals surface area contributed by atoms with E-state index in [1.54, 1.807) is 22.9 Å². The van der Waals surface area contributed by atoms with Crippen molar-refractivity contribution >= 4 is 23.3 Å².